The van der Waals surface area contributed by atoms with Crippen LogP contribution in [0.4, 0.5) is 0 Å². The lowest BCUT2D eigenvalue weighted by molar-refractivity contribution is 0.651. The van der Waals surface area contributed by atoms with E-state index in [-0.39, 0.29) is 0 Å². The van der Waals surface area contributed by atoms with Crippen molar-refractivity contribution in [1.29, 1.82) is 0 Å². The van der Waals surface area contributed by atoms with E-state index in [1.807, 2.05) is 35.6 Å². The van der Waals surface area contributed by atoms with E-state index in [1.165, 1.54) is 47.1 Å². The SMILES string of the molecule is c1ccc(-c2nc(-n3c4c5ccccc5ccc4c4ccc5sc6cc7ccccc7cc6c5c43)nc3oc4ccccc4c23)cc1. The van der Waals surface area contributed by atoms with Gasteiger partial charge >= 0.3 is 0 Å². The van der Waals surface area contributed by atoms with E-state index in [0.29, 0.717) is 11.7 Å². The van der Waals surface area contributed by atoms with E-state index in [1.54, 1.807) is 0 Å². The van der Waals surface area contributed by atoms with E-state index >= 15 is 0 Å². The van der Waals surface area contributed by atoms with E-state index in [0.717, 1.165) is 44.0 Å². The topological polar surface area (TPSA) is 43.9 Å². The molecule has 7 aromatic carbocycles. The van der Waals surface area contributed by atoms with Crippen molar-refractivity contribution in [3.63, 3.8) is 0 Å². The van der Waals surface area contributed by atoms with Crippen LogP contribution in [0.1, 0.15) is 0 Å². The molecule has 0 radical (unpaired) electrons. The second-order valence-electron chi connectivity index (χ2n) is 12.2. The standard InChI is InChI=1S/C42H23N3OS/c1-2-11-25(12-3-1)38-37-31-16-8-9-17-33(31)46-41(37)44-42(43-38)45-39-28-15-7-6-10-24(28)18-19-29(39)30-20-21-34-36(40(30)45)32-22-26-13-4-5-14-27(26)23-35(32)47-34/h1-23H. The number of para-hydroxylation sites is 1. The van der Waals surface area contributed by atoms with Crippen LogP contribution in [-0.4, -0.2) is 14.5 Å². The van der Waals surface area contributed by atoms with Gasteiger partial charge in [-0.15, -0.1) is 11.3 Å². The van der Waals surface area contributed by atoms with Gasteiger partial charge in [-0.1, -0.05) is 115 Å². The van der Waals surface area contributed by atoms with Crippen LogP contribution < -0.4 is 0 Å². The summed E-state index contributed by atoms with van der Waals surface area (Å²) >= 11 is 1.84. The maximum atomic E-state index is 6.49. The van der Waals surface area contributed by atoms with Gasteiger partial charge in [0.15, 0.2) is 0 Å². The summed E-state index contributed by atoms with van der Waals surface area (Å²) in [5, 5.41) is 11.6. The molecule has 0 fully saturated rings. The van der Waals surface area contributed by atoms with Crippen LogP contribution >= 0.6 is 11.3 Å². The molecule has 0 N–H and O–H groups in total. The van der Waals surface area contributed by atoms with Gasteiger partial charge in [0.1, 0.15) is 5.58 Å². The Morgan fingerprint density at radius 1 is 0.489 bits per heavy atom. The monoisotopic (exact) mass is 617 g/mol. The van der Waals surface area contributed by atoms with Gasteiger partial charge in [0.2, 0.25) is 11.7 Å². The van der Waals surface area contributed by atoms with Crippen LogP contribution in [0.2, 0.25) is 0 Å². The van der Waals surface area contributed by atoms with Gasteiger partial charge in [0.05, 0.1) is 22.1 Å². The van der Waals surface area contributed by atoms with Crippen molar-refractivity contribution in [3.8, 4) is 17.2 Å². The lowest BCUT2D eigenvalue weighted by atomic mass is 10.0. The molecule has 4 nitrogen and oxygen atoms in total. The third-order valence-electron chi connectivity index (χ3n) is 9.59. The minimum Gasteiger partial charge on any atom is -0.437 e. The predicted molar refractivity (Wildman–Crippen MR) is 197 cm³/mol. The Labute approximate surface area is 271 Å². The molecular formula is C42H23N3OS. The highest BCUT2D eigenvalue weighted by Gasteiger charge is 2.24. The van der Waals surface area contributed by atoms with Crippen molar-refractivity contribution in [3.05, 3.63) is 140 Å². The summed E-state index contributed by atoms with van der Waals surface area (Å²) in [6.45, 7) is 0. The van der Waals surface area contributed by atoms with Crippen molar-refractivity contribution in [2.45, 2.75) is 0 Å². The molecule has 4 heterocycles. The van der Waals surface area contributed by atoms with Crippen LogP contribution in [-0.2, 0) is 0 Å². The van der Waals surface area contributed by atoms with Gasteiger partial charge in [-0.2, -0.15) is 4.98 Å². The summed E-state index contributed by atoms with van der Waals surface area (Å²) < 4.78 is 11.3. The smallest absolute Gasteiger partial charge is 0.238 e. The predicted octanol–water partition coefficient (Wildman–Crippen LogP) is 11.8. The lowest BCUT2D eigenvalue weighted by Crippen LogP contribution is -2.03. The summed E-state index contributed by atoms with van der Waals surface area (Å²) in [7, 11) is 0. The van der Waals surface area contributed by atoms with E-state index in [9.17, 15) is 0 Å². The molecule has 11 rings (SSSR count). The summed E-state index contributed by atoms with van der Waals surface area (Å²) in [5.74, 6) is 0.597. The highest BCUT2D eigenvalue weighted by molar-refractivity contribution is 7.26. The molecule has 4 aromatic heterocycles. The fourth-order valence-corrected chi connectivity index (χ4v) is 8.67. The van der Waals surface area contributed by atoms with Crippen molar-refractivity contribution in [2.75, 3.05) is 0 Å². The molecular weight excluding hydrogens is 595 g/mol. The maximum Gasteiger partial charge on any atom is 0.238 e. The average Bonchev–Trinajstić information content (AvgIpc) is 3.79. The molecule has 0 saturated carbocycles. The summed E-state index contributed by atoms with van der Waals surface area (Å²) in [4.78, 5) is 10.7. The first-order valence-corrected chi connectivity index (χ1v) is 16.6. The summed E-state index contributed by atoms with van der Waals surface area (Å²) in [5.41, 5.74) is 5.48. The molecule has 0 aliphatic carbocycles. The fraction of sp³-hybridized carbons (Fsp3) is 0. The third-order valence-corrected chi connectivity index (χ3v) is 10.7. The number of hydrogen-bond donors (Lipinski definition) is 0. The maximum absolute atomic E-state index is 6.49. The van der Waals surface area contributed by atoms with Crippen LogP contribution in [0, 0.1) is 0 Å². The molecule has 0 amide bonds. The second kappa shape index (κ2) is 9.25. The number of aromatic nitrogens is 3. The van der Waals surface area contributed by atoms with Gasteiger partial charge in [0, 0.05) is 47.3 Å². The Kier molecular flexibility index (Phi) is 4.96. The van der Waals surface area contributed by atoms with Gasteiger partial charge in [0.25, 0.3) is 0 Å². The molecule has 0 spiro atoms. The molecule has 0 aliphatic heterocycles. The largest absolute Gasteiger partial charge is 0.437 e. The number of furan rings is 1. The van der Waals surface area contributed by atoms with Crippen LogP contribution in [0.3, 0.4) is 0 Å². The minimum atomic E-state index is 0.582. The number of rotatable bonds is 2. The first-order chi connectivity index (χ1) is 23.3. The Bertz CT molecular complexity index is 3080. The number of hydrogen-bond acceptors (Lipinski definition) is 4. The van der Waals surface area contributed by atoms with Crippen LogP contribution in [0.5, 0.6) is 0 Å². The molecule has 0 unspecified atom stereocenters. The number of nitrogens with zero attached hydrogens (tertiary/aromatic N) is 3. The summed E-state index contributed by atoms with van der Waals surface area (Å²) in [6, 6.07) is 49.5. The molecule has 0 atom stereocenters. The molecule has 0 bridgehead atoms. The van der Waals surface area contributed by atoms with Crippen molar-refractivity contribution in [1.82, 2.24) is 14.5 Å². The highest BCUT2D eigenvalue weighted by atomic mass is 32.1. The van der Waals surface area contributed by atoms with E-state index in [2.05, 4.69) is 120 Å². The first kappa shape index (κ1) is 25.2. The van der Waals surface area contributed by atoms with E-state index < -0.39 is 0 Å². The first-order valence-electron chi connectivity index (χ1n) is 15.8. The molecule has 5 heteroatoms. The fourth-order valence-electron chi connectivity index (χ4n) is 7.53. The number of fused-ring (bicyclic) bond motifs is 13. The van der Waals surface area contributed by atoms with Crippen molar-refractivity contribution < 1.29 is 4.42 Å². The lowest BCUT2D eigenvalue weighted by Gasteiger charge is -2.11. The minimum absolute atomic E-state index is 0.582. The van der Waals surface area contributed by atoms with Gasteiger partial charge in [-0.25, -0.2) is 4.98 Å². The quantitative estimate of drug-likeness (QED) is 0.194. The zero-order valence-electron chi connectivity index (χ0n) is 24.9. The summed E-state index contributed by atoms with van der Waals surface area (Å²) in [6.07, 6.45) is 0. The van der Waals surface area contributed by atoms with Crippen LogP contribution in [0.25, 0.3) is 103 Å². The van der Waals surface area contributed by atoms with Gasteiger partial charge in [-0.3, -0.25) is 4.57 Å². The Morgan fingerprint density at radius 3 is 2.06 bits per heavy atom. The second-order valence-corrected chi connectivity index (χ2v) is 13.3. The number of thiophene rings is 1. The van der Waals surface area contributed by atoms with Gasteiger partial charge in [-0.05, 0) is 40.4 Å². The Balaban J connectivity index is 1.38. The Morgan fingerprint density at radius 2 is 1.19 bits per heavy atom. The zero-order chi connectivity index (χ0) is 30.6. The highest BCUT2D eigenvalue weighted by Crippen LogP contribution is 2.46. The molecule has 11 aromatic rings. The third kappa shape index (κ3) is 3.46. The van der Waals surface area contributed by atoms with Crippen molar-refractivity contribution in [2.24, 2.45) is 0 Å². The molecule has 218 valence electrons. The number of benzene rings is 7. The van der Waals surface area contributed by atoms with Crippen LogP contribution in [0.15, 0.2) is 144 Å². The van der Waals surface area contributed by atoms with E-state index in [4.69, 9.17) is 14.4 Å². The molecule has 47 heavy (non-hydrogen) atoms. The normalized spacial score (nSPS) is 12.3. The zero-order valence-corrected chi connectivity index (χ0v) is 25.8. The molecule has 0 saturated heterocycles. The Hall–Kier alpha value is -6.04. The van der Waals surface area contributed by atoms with Gasteiger partial charge < -0.3 is 4.42 Å². The molecule has 0 aliphatic rings. The average molecular weight is 618 g/mol. The van der Waals surface area contributed by atoms with Crippen molar-refractivity contribution >= 4 is 96.9 Å².